The lowest BCUT2D eigenvalue weighted by Crippen LogP contribution is -2.20. The Balaban J connectivity index is 2.54. The van der Waals surface area contributed by atoms with Crippen molar-refractivity contribution in [1.82, 2.24) is 5.43 Å². The van der Waals surface area contributed by atoms with Crippen molar-refractivity contribution in [2.75, 3.05) is 0 Å². The summed E-state index contributed by atoms with van der Waals surface area (Å²) in [4.78, 5) is 11.3. The number of nitrogens with zero attached hydrogens (tertiary/aromatic N) is 1. The van der Waals surface area contributed by atoms with Gasteiger partial charge in [-0.1, -0.05) is 13.8 Å². The molecule has 0 aliphatic rings. The smallest absolute Gasteiger partial charge is 0.240 e. The molecule has 0 radical (unpaired) electrons. The van der Waals surface area contributed by atoms with Crippen molar-refractivity contribution < 1.29 is 9.21 Å². The lowest BCUT2D eigenvalue weighted by molar-refractivity contribution is -0.121. The summed E-state index contributed by atoms with van der Waals surface area (Å²) in [5.41, 5.74) is 3.18. The molecule has 0 saturated carbocycles. The van der Waals surface area contributed by atoms with Gasteiger partial charge in [-0.15, -0.1) is 0 Å². The zero-order chi connectivity index (χ0) is 12.1. The van der Waals surface area contributed by atoms with Crippen LogP contribution >= 0.6 is 0 Å². The van der Waals surface area contributed by atoms with E-state index in [2.05, 4.69) is 10.5 Å². The van der Waals surface area contributed by atoms with Gasteiger partial charge in [0.1, 0.15) is 17.2 Å². The highest BCUT2D eigenvalue weighted by Crippen LogP contribution is 2.07. The van der Waals surface area contributed by atoms with E-state index >= 15 is 0 Å². The number of nitrogens with one attached hydrogen (secondary N) is 1. The molecule has 0 fully saturated rings. The average molecular weight is 222 g/mol. The van der Waals surface area contributed by atoms with Gasteiger partial charge in [-0.3, -0.25) is 4.79 Å². The normalized spacial score (nSPS) is 11.9. The minimum atomic E-state index is -0.0716. The van der Waals surface area contributed by atoms with Crippen molar-refractivity contribution in [3.05, 3.63) is 23.7 Å². The highest BCUT2D eigenvalue weighted by atomic mass is 16.3. The molecule has 0 aliphatic carbocycles. The number of rotatable bonds is 4. The fourth-order valence-electron chi connectivity index (χ4n) is 1.25. The van der Waals surface area contributed by atoms with Crippen LogP contribution in [0.5, 0.6) is 0 Å². The van der Waals surface area contributed by atoms with E-state index in [1.165, 1.54) is 0 Å². The molecule has 0 spiro atoms. The van der Waals surface area contributed by atoms with E-state index in [9.17, 15) is 4.79 Å². The summed E-state index contributed by atoms with van der Waals surface area (Å²) in [5, 5.41) is 3.98. The first-order valence-electron chi connectivity index (χ1n) is 5.39. The number of furan rings is 1. The van der Waals surface area contributed by atoms with Crippen LogP contribution in [0, 0.1) is 12.8 Å². The highest BCUT2D eigenvalue weighted by molar-refractivity contribution is 5.96. The molecule has 1 aromatic heterocycles. The zero-order valence-electron chi connectivity index (χ0n) is 10.2. The quantitative estimate of drug-likeness (QED) is 0.628. The van der Waals surface area contributed by atoms with Gasteiger partial charge in [-0.05, 0) is 31.9 Å². The maximum atomic E-state index is 11.3. The molecule has 0 atom stereocenters. The molecule has 1 rings (SSSR count). The van der Waals surface area contributed by atoms with Gasteiger partial charge in [0.25, 0.3) is 0 Å². The first-order chi connectivity index (χ1) is 7.49. The fraction of sp³-hybridized carbons (Fsp3) is 0.500. The van der Waals surface area contributed by atoms with E-state index in [1.54, 1.807) is 6.92 Å². The van der Waals surface area contributed by atoms with Crippen molar-refractivity contribution >= 4 is 11.6 Å². The van der Waals surface area contributed by atoms with Crippen LogP contribution < -0.4 is 5.43 Å². The van der Waals surface area contributed by atoms with Gasteiger partial charge in [-0.25, -0.2) is 5.43 Å². The standard InChI is InChI=1S/C12H18N2O2/c1-8(2)7-12(15)14-13-10(4)11-6-5-9(3)16-11/h5-6,8H,7H2,1-4H3,(H,14,15). The van der Waals surface area contributed by atoms with Crippen LogP contribution in [0.1, 0.15) is 38.7 Å². The lowest BCUT2D eigenvalue weighted by atomic mass is 10.1. The Labute approximate surface area is 95.7 Å². The minimum Gasteiger partial charge on any atom is -0.460 e. The van der Waals surface area contributed by atoms with Crippen LogP contribution in [-0.2, 0) is 4.79 Å². The largest absolute Gasteiger partial charge is 0.460 e. The second-order valence-electron chi connectivity index (χ2n) is 4.24. The molecule has 0 aliphatic heterocycles. The van der Waals surface area contributed by atoms with Crippen molar-refractivity contribution in [3.8, 4) is 0 Å². The van der Waals surface area contributed by atoms with E-state index in [0.29, 0.717) is 23.8 Å². The Morgan fingerprint density at radius 1 is 1.50 bits per heavy atom. The van der Waals surface area contributed by atoms with Crippen LogP contribution in [0.25, 0.3) is 0 Å². The topological polar surface area (TPSA) is 54.6 Å². The third-order valence-electron chi connectivity index (χ3n) is 2.04. The zero-order valence-corrected chi connectivity index (χ0v) is 10.2. The molecule has 1 heterocycles. The maximum Gasteiger partial charge on any atom is 0.240 e. The fourth-order valence-corrected chi connectivity index (χ4v) is 1.25. The Bertz CT molecular complexity index is 391. The van der Waals surface area contributed by atoms with Crippen molar-refractivity contribution in [1.29, 1.82) is 0 Å². The molecule has 88 valence electrons. The number of aryl methyl sites for hydroxylation is 1. The van der Waals surface area contributed by atoms with Crippen LogP contribution in [0.3, 0.4) is 0 Å². The summed E-state index contributed by atoms with van der Waals surface area (Å²) in [5.74, 6) is 1.78. The van der Waals surface area contributed by atoms with Crippen LogP contribution in [0.2, 0.25) is 0 Å². The third-order valence-corrected chi connectivity index (χ3v) is 2.04. The summed E-state index contributed by atoms with van der Waals surface area (Å²) < 4.78 is 5.38. The number of carbonyl (C=O) groups excluding carboxylic acids is 1. The molecule has 0 aromatic carbocycles. The number of carbonyl (C=O) groups is 1. The summed E-state index contributed by atoms with van der Waals surface area (Å²) in [6, 6.07) is 3.70. The number of hydrazone groups is 1. The van der Waals surface area contributed by atoms with E-state index in [1.807, 2.05) is 32.9 Å². The Morgan fingerprint density at radius 3 is 2.69 bits per heavy atom. The van der Waals surface area contributed by atoms with Crippen molar-refractivity contribution in [2.24, 2.45) is 11.0 Å². The van der Waals surface area contributed by atoms with E-state index in [-0.39, 0.29) is 5.91 Å². The van der Waals surface area contributed by atoms with Gasteiger partial charge in [-0.2, -0.15) is 5.10 Å². The van der Waals surface area contributed by atoms with E-state index < -0.39 is 0 Å². The highest BCUT2D eigenvalue weighted by Gasteiger charge is 2.05. The monoisotopic (exact) mass is 222 g/mol. The van der Waals surface area contributed by atoms with E-state index in [0.717, 1.165) is 5.76 Å². The molecular weight excluding hydrogens is 204 g/mol. The SMILES string of the molecule is CC(=NNC(=O)CC(C)C)c1ccc(C)o1. The van der Waals surface area contributed by atoms with Crippen LogP contribution in [0.4, 0.5) is 0 Å². The van der Waals surface area contributed by atoms with Gasteiger partial charge >= 0.3 is 0 Å². The number of amides is 1. The van der Waals surface area contributed by atoms with Gasteiger partial charge < -0.3 is 4.42 Å². The summed E-state index contributed by atoms with van der Waals surface area (Å²) >= 11 is 0. The van der Waals surface area contributed by atoms with Crippen molar-refractivity contribution in [3.63, 3.8) is 0 Å². The van der Waals surface area contributed by atoms with Gasteiger partial charge in [0.2, 0.25) is 5.91 Å². The first-order valence-corrected chi connectivity index (χ1v) is 5.39. The number of hydrogen-bond acceptors (Lipinski definition) is 3. The van der Waals surface area contributed by atoms with E-state index in [4.69, 9.17) is 4.42 Å². The summed E-state index contributed by atoms with van der Waals surface area (Å²) in [7, 11) is 0. The summed E-state index contributed by atoms with van der Waals surface area (Å²) in [6.45, 7) is 7.65. The average Bonchev–Trinajstić information content (AvgIpc) is 2.60. The molecule has 1 N–H and O–H groups in total. The van der Waals surface area contributed by atoms with Crippen LogP contribution in [0.15, 0.2) is 21.7 Å². The van der Waals surface area contributed by atoms with Gasteiger partial charge in [0.15, 0.2) is 0 Å². The van der Waals surface area contributed by atoms with Crippen LogP contribution in [-0.4, -0.2) is 11.6 Å². The third kappa shape index (κ3) is 3.88. The molecule has 0 bridgehead atoms. The second kappa shape index (κ2) is 5.49. The van der Waals surface area contributed by atoms with Crippen molar-refractivity contribution in [2.45, 2.75) is 34.1 Å². The molecule has 1 aromatic rings. The molecule has 0 saturated heterocycles. The number of hydrogen-bond donors (Lipinski definition) is 1. The molecule has 4 heteroatoms. The van der Waals surface area contributed by atoms with Gasteiger partial charge in [0, 0.05) is 6.42 Å². The predicted molar refractivity (Wildman–Crippen MR) is 63.3 cm³/mol. The Hall–Kier alpha value is -1.58. The summed E-state index contributed by atoms with van der Waals surface area (Å²) in [6.07, 6.45) is 0.480. The molecule has 0 unspecified atom stereocenters. The Morgan fingerprint density at radius 2 is 2.19 bits per heavy atom. The molecular formula is C12H18N2O2. The maximum absolute atomic E-state index is 11.3. The predicted octanol–water partition coefficient (Wildman–Crippen LogP) is 2.47. The minimum absolute atomic E-state index is 0.0716. The molecule has 1 amide bonds. The molecule has 16 heavy (non-hydrogen) atoms. The van der Waals surface area contributed by atoms with Gasteiger partial charge in [0.05, 0.1) is 0 Å². The molecule has 4 nitrogen and oxygen atoms in total. The Kier molecular flexibility index (Phi) is 4.28. The lowest BCUT2D eigenvalue weighted by Gasteiger charge is -2.03. The first kappa shape index (κ1) is 12.5. The second-order valence-corrected chi connectivity index (χ2v) is 4.24.